The highest BCUT2D eigenvalue weighted by atomic mass is 35.5. The van der Waals surface area contributed by atoms with Crippen LogP contribution in [0.4, 0.5) is 4.39 Å². The van der Waals surface area contributed by atoms with E-state index in [2.05, 4.69) is 4.98 Å². The molecular weight excluding hydrogens is 287 g/mol. The Hall–Kier alpha value is -1.03. The molecule has 0 unspecified atom stereocenters. The van der Waals surface area contributed by atoms with Crippen molar-refractivity contribution in [3.05, 3.63) is 51.3 Å². The van der Waals surface area contributed by atoms with E-state index in [0.717, 1.165) is 6.07 Å². The van der Waals surface area contributed by atoms with Gasteiger partial charge in [0.15, 0.2) is 5.82 Å². The number of aromatic nitrogens is 1. The normalized spacial score (nSPS) is 10.4. The quantitative estimate of drug-likeness (QED) is 0.779. The SMILES string of the molecule is Fc1cc(Cl)cnc1Oc1cc(Cl)ccc1Cl. The van der Waals surface area contributed by atoms with Crippen LogP contribution in [0.2, 0.25) is 15.1 Å². The van der Waals surface area contributed by atoms with Gasteiger partial charge < -0.3 is 4.74 Å². The van der Waals surface area contributed by atoms with Gasteiger partial charge in [0.25, 0.3) is 5.88 Å². The number of pyridine rings is 1. The smallest absolute Gasteiger partial charge is 0.256 e. The first-order chi connectivity index (χ1) is 8.06. The number of benzene rings is 1. The zero-order chi connectivity index (χ0) is 12.4. The van der Waals surface area contributed by atoms with Crippen LogP contribution in [-0.4, -0.2) is 4.98 Å². The first kappa shape index (κ1) is 12.4. The molecule has 0 spiro atoms. The van der Waals surface area contributed by atoms with E-state index in [1.807, 2.05) is 0 Å². The molecule has 0 N–H and O–H groups in total. The predicted molar refractivity (Wildman–Crippen MR) is 65.7 cm³/mol. The Morgan fingerprint density at radius 2 is 1.82 bits per heavy atom. The third-order valence-corrected chi connectivity index (χ3v) is 2.63. The Morgan fingerprint density at radius 3 is 2.53 bits per heavy atom. The molecule has 0 atom stereocenters. The molecule has 6 heteroatoms. The van der Waals surface area contributed by atoms with Gasteiger partial charge in [0.1, 0.15) is 5.75 Å². The van der Waals surface area contributed by atoms with Crippen LogP contribution in [-0.2, 0) is 0 Å². The fourth-order valence-corrected chi connectivity index (χ4v) is 1.60. The predicted octanol–water partition coefficient (Wildman–Crippen LogP) is 4.97. The van der Waals surface area contributed by atoms with Crippen molar-refractivity contribution in [3.8, 4) is 11.6 Å². The lowest BCUT2D eigenvalue weighted by molar-refractivity contribution is 0.423. The molecule has 0 fully saturated rings. The second kappa shape index (κ2) is 5.08. The Labute approximate surface area is 112 Å². The van der Waals surface area contributed by atoms with Gasteiger partial charge in [-0.25, -0.2) is 9.37 Å². The van der Waals surface area contributed by atoms with Gasteiger partial charge in [-0.05, 0) is 18.2 Å². The minimum Gasteiger partial charge on any atom is -0.435 e. The summed E-state index contributed by atoms with van der Waals surface area (Å²) in [6.07, 6.45) is 1.28. The number of rotatable bonds is 2. The molecule has 0 bridgehead atoms. The van der Waals surface area contributed by atoms with Crippen molar-refractivity contribution in [1.82, 2.24) is 4.98 Å². The lowest BCUT2D eigenvalue weighted by atomic mass is 10.3. The summed E-state index contributed by atoms with van der Waals surface area (Å²) in [5.41, 5.74) is 0. The number of ether oxygens (including phenoxy) is 1. The molecule has 2 nitrogen and oxygen atoms in total. The average Bonchev–Trinajstić information content (AvgIpc) is 2.27. The largest absolute Gasteiger partial charge is 0.435 e. The highest BCUT2D eigenvalue weighted by molar-refractivity contribution is 6.34. The summed E-state index contributed by atoms with van der Waals surface area (Å²) in [6, 6.07) is 5.72. The van der Waals surface area contributed by atoms with Gasteiger partial charge in [-0.2, -0.15) is 0 Å². The summed E-state index contributed by atoms with van der Waals surface area (Å²) in [5.74, 6) is -0.653. The van der Waals surface area contributed by atoms with E-state index in [0.29, 0.717) is 10.0 Å². The van der Waals surface area contributed by atoms with Crippen molar-refractivity contribution in [1.29, 1.82) is 0 Å². The van der Waals surface area contributed by atoms with Gasteiger partial charge in [0, 0.05) is 17.3 Å². The fraction of sp³-hybridized carbons (Fsp3) is 0. The molecule has 2 aromatic rings. The number of hydrogen-bond acceptors (Lipinski definition) is 2. The molecule has 0 aliphatic heterocycles. The molecule has 1 aromatic carbocycles. The van der Waals surface area contributed by atoms with Gasteiger partial charge in [0.2, 0.25) is 0 Å². The van der Waals surface area contributed by atoms with E-state index in [1.165, 1.54) is 12.3 Å². The van der Waals surface area contributed by atoms with Crippen LogP contribution in [0.1, 0.15) is 0 Å². The second-order valence-corrected chi connectivity index (χ2v) is 4.40. The molecule has 0 radical (unpaired) electrons. The molecule has 2 rings (SSSR count). The third kappa shape index (κ3) is 3.00. The topological polar surface area (TPSA) is 22.1 Å². The Kier molecular flexibility index (Phi) is 3.72. The maximum atomic E-state index is 13.4. The van der Waals surface area contributed by atoms with E-state index in [9.17, 15) is 4.39 Å². The Morgan fingerprint density at radius 1 is 1.06 bits per heavy atom. The molecule has 17 heavy (non-hydrogen) atoms. The molecule has 1 aromatic heterocycles. The highest BCUT2D eigenvalue weighted by Crippen LogP contribution is 2.32. The standard InChI is InChI=1S/C11H5Cl3FNO/c12-6-1-2-8(14)10(4-6)17-11-9(15)3-7(13)5-16-11/h1-5H. The van der Waals surface area contributed by atoms with E-state index >= 15 is 0 Å². The molecule has 0 aliphatic rings. The molecule has 0 saturated heterocycles. The van der Waals surface area contributed by atoms with Gasteiger partial charge in [-0.15, -0.1) is 0 Å². The van der Waals surface area contributed by atoms with Crippen LogP contribution in [0.15, 0.2) is 30.5 Å². The summed E-state index contributed by atoms with van der Waals surface area (Å²) in [7, 11) is 0. The van der Waals surface area contributed by atoms with Gasteiger partial charge in [-0.1, -0.05) is 34.8 Å². The first-order valence-electron chi connectivity index (χ1n) is 4.50. The number of hydrogen-bond donors (Lipinski definition) is 0. The molecule has 0 saturated carbocycles. The molecule has 88 valence electrons. The summed E-state index contributed by atoms with van der Waals surface area (Å²) < 4.78 is 18.6. The summed E-state index contributed by atoms with van der Waals surface area (Å²) in [5, 5.41) is 0.927. The van der Waals surface area contributed by atoms with Crippen molar-refractivity contribution >= 4 is 34.8 Å². The van der Waals surface area contributed by atoms with Crippen molar-refractivity contribution in [2.75, 3.05) is 0 Å². The van der Waals surface area contributed by atoms with Crippen LogP contribution in [0.5, 0.6) is 11.6 Å². The van der Waals surface area contributed by atoms with Gasteiger partial charge in [0.05, 0.1) is 10.0 Å². The molecule has 0 aliphatic carbocycles. The summed E-state index contributed by atoms with van der Waals surface area (Å²) in [4.78, 5) is 3.71. The van der Waals surface area contributed by atoms with Crippen LogP contribution < -0.4 is 4.74 Å². The first-order valence-corrected chi connectivity index (χ1v) is 5.63. The zero-order valence-electron chi connectivity index (χ0n) is 8.25. The molecule has 0 amide bonds. The van der Waals surface area contributed by atoms with E-state index in [4.69, 9.17) is 39.5 Å². The highest BCUT2D eigenvalue weighted by Gasteiger charge is 2.10. The van der Waals surface area contributed by atoms with Crippen molar-refractivity contribution < 1.29 is 9.13 Å². The molecule has 1 heterocycles. The number of nitrogens with zero attached hydrogens (tertiary/aromatic N) is 1. The summed E-state index contributed by atoms with van der Waals surface area (Å²) >= 11 is 17.2. The van der Waals surface area contributed by atoms with Gasteiger partial charge >= 0.3 is 0 Å². The number of halogens is 4. The van der Waals surface area contributed by atoms with Crippen molar-refractivity contribution in [2.45, 2.75) is 0 Å². The van der Waals surface area contributed by atoms with Crippen LogP contribution in [0, 0.1) is 5.82 Å². The van der Waals surface area contributed by atoms with E-state index in [1.54, 1.807) is 12.1 Å². The Balaban J connectivity index is 2.34. The van der Waals surface area contributed by atoms with Gasteiger partial charge in [-0.3, -0.25) is 0 Å². The average molecular weight is 293 g/mol. The maximum absolute atomic E-state index is 13.4. The lowest BCUT2D eigenvalue weighted by Gasteiger charge is -2.07. The zero-order valence-corrected chi connectivity index (χ0v) is 10.5. The van der Waals surface area contributed by atoms with Crippen LogP contribution in [0.3, 0.4) is 0 Å². The molecular formula is C11H5Cl3FNO. The monoisotopic (exact) mass is 291 g/mol. The van der Waals surface area contributed by atoms with E-state index in [-0.39, 0.29) is 16.7 Å². The minimum absolute atomic E-state index is 0.187. The maximum Gasteiger partial charge on any atom is 0.256 e. The lowest BCUT2D eigenvalue weighted by Crippen LogP contribution is -1.92. The van der Waals surface area contributed by atoms with E-state index < -0.39 is 5.82 Å². The van der Waals surface area contributed by atoms with Crippen LogP contribution in [0.25, 0.3) is 0 Å². The second-order valence-electron chi connectivity index (χ2n) is 3.12. The van der Waals surface area contributed by atoms with Crippen molar-refractivity contribution in [2.24, 2.45) is 0 Å². The van der Waals surface area contributed by atoms with Crippen LogP contribution >= 0.6 is 34.8 Å². The fourth-order valence-electron chi connectivity index (χ4n) is 1.14. The minimum atomic E-state index is -0.673. The Bertz CT molecular complexity index is 562. The summed E-state index contributed by atoms with van der Waals surface area (Å²) in [6.45, 7) is 0. The third-order valence-electron chi connectivity index (χ3n) is 1.87. The van der Waals surface area contributed by atoms with Crippen molar-refractivity contribution in [3.63, 3.8) is 0 Å².